The number of ether oxygens (including phenoxy) is 1. The van der Waals surface area contributed by atoms with Gasteiger partial charge in [0.25, 0.3) is 0 Å². The maximum atomic E-state index is 11.0. The maximum Gasteiger partial charge on any atom is 0.323 e. The van der Waals surface area contributed by atoms with Crippen molar-refractivity contribution in [2.75, 3.05) is 12.9 Å². The van der Waals surface area contributed by atoms with Gasteiger partial charge < -0.3 is 4.74 Å². The van der Waals surface area contributed by atoms with E-state index in [0.29, 0.717) is 5.37 Å². The van der Waals surface area contributed by atoms with Gasteiger partial charge in [0.1, 0.15) is 6.04 Å². The van der Waals surface area contributed by atoms with Crippen LogP contribution in [0.1, 0.15) is 13.3 Å². The fourth-order valence-corrected chi connectivity index (χ4v) is 2.20. The highest BCUT2D eigenvalue weighted by Crippen LogP contribution is 2.21. The molecule has 1 unspecified atom stereocenters. The Morgan fingerprint density at radius 1 is 1.82 bits per heavy atom. The Kier molecular flexibility index (Phi) is 3.20. The summed E-state index contributed by atoms with van der Waals surface area (Å²) in [6.07, 6.45) is 1.05. The normalized spacial score (nSPS) is 30.4. The minimum Gasteiger partial charge on any atom is -0.468 e. The molecular formula is C7H13NO2S. The van der Waals surface area contributed by atoms with Gasteiger partial charge in [0.15, 0.2) is 0 Å². The second-order valence-corrected chi connectivity index (χ2v) is 3.71. The van der Waals surface area contributed by atoms with Crippen LogP contribution in [0.25, 0.3) is 0 Å². The quantitative estimate of drug-likeness (QED) is 0.624. The third kappa shape index (κ3) is 2.10. The lowest BCUT2D eigenvalue weighted by Crippen LogP contribution is -2.37. The highest BCUT2D eigenvalue weighted by molar-refractivity contribution is 8.00. The Morgan fingerprint density at radius 2 is 2.55 bits per heavy atom. The molecule has 2 atom stereocenters. The maximum absolute atomic E-state index is 11.0. The number of carbonyl (C=O) groups is 1. The molecule has 1 rings (SSSR count). The van der Waals surface area contributed by atoms with Crippen LogP contribution in [0, 0.1) is 0 Å². The Morgan fingerprint density at radius 3 is 3.00 bits per heavy atom. The molecule has 11 heavy (non-hydrogen) atoms. The van der Waals surface area contributed by atoms with Crippen LogP contribution >= 0.6 is 11.8 Å². The standard InChI is InChI=1S/C7H13NO2S/c1-3-6-8-5(4-11-6)7(9)10-2/h5-6,8H,3-4H2,1-2H3/t5-,6?/m0/s1. The van der Waals surface area contributed by atoms with E-state index < -0.39 is 0 Å². The van der Waals surface area contributed by atoms with Crippen LogP contribution in [0.5, 0.6) is 0 Å². The first-order chi connectivity index (χ1) is 5.27. The van der Waals surface area contributed by atoms with E-state index in [1.807, 2.05) is 0 Å². The summed E-state index contributed by atoms with van der Waals surface area (Å²) >= 11 is 1.78. The Hall–Kier alpha value is -0.220. The number of rotatable bonds is 2. The topological polar surface area (TPSA) is 38.3 Å². The zero-order valence-corrected chi connectivity index (χ0v) is 7.61. The summed E-state index contributed by atoms with van der Waals surface area (Å²) in [5.74, 6) is 0.694. The van der Waals surface area contributed by atoms with Gasteiger partial charge >= 0.3 is 5.97 Å². The molecule has 3 nitrogen and oxygen atoms in total. The molecule has 0 radical (unpaired) electrons. The van der Waals surface area contributed by atoms with Gasteiger partial charge in [-0.15, -0.1) is 11.8 Å². The Bertz CT molecular complexity index is 151. The average Bonchev–Trinajstić information content (AvgIpc) is 2.50. The third-order valence-electron chi connectivity index (χ3n) is 1.71. The number of nitrogens with one attached hydrogen (secondary N) is 1. The minimum absolute atomic E-state index is 0.0880. The van der Waals surface area contributed by atoms with E-state index in [0.717, 1.165) is 12.2 Å². The van der Waals surface area contributed by atoms with Crippen molar-refractivity contribution in [2.45, 2.75) is 24.8 Å². The monoisotopic (exact) mass is 175 g/mol. The molecule has 1 N–H and O–H groups in total. The minimum atomic E-state index is -0.145. The van der Waals surface area contributed by atoms with Crippen LogP contribution < -0.4 is 5.32 Å². The molecular weight excluding hydrogens is 162 g/mol. The molecule has 1 fully saturated rings. The van der Waals surface area contributed by atoms with Crippen molar-refractivity contribution in [3.63, 3.8) is 0 Å². The van der Waals surface area contributed by atoms with E-state index >= 15 is 0 Å². The number of esters is 1. The fourth-order valence-electron chi connectivity index (χ4n) is 1.05. The lowest BCUT2D eigenvalue weighted by atomic mass is 10.3. The van der Waals surface area contributed by atoms with Crippen molar-refractivity contribution >= 4 is 17.7 Å². The van der Waals surface area contributed by atoms with Gasteiger partial charge in [0.05, 0.1) is 12.5 Å². The van der Waals surface area contributed by atoms with Crippen LogP contribution in [-0.2, 0) is 9.53 Å². The molecule has 0 aliphatic carbocycles. The fraction of sp³-hybridized carbons (Fsp3) is 0.857. The van der Waals surface area contributed by atoms with Gasteiger partial charge in [-0.3, -0.25) is 10.1 Å². The van der Waals surface area contributed by atoms with Crippen LogP contribution in [0.15, 0.2) is 0 Å². The zero-order valence-electron chi connectivity index (χ0n) is 6.79. The van der Waals surface area contributed by atoms with Gasteiger partial charge in [-0.25, -0.2) is 0 Å². The summed E-state index contributed by atoms with van der Waals surface area (Å²) < 4.78 is 4.61. The number of hydrogen-bond donors (Lipinski definition) is 1. The molecule has 1 aliphatic heterocycles. The Balaban J connectivity index is 2.35. The molecule has 64 valence electrons. The SMILES string of the molecule is CCC1N[C@H](C(=O)OC)CS1. The van der Waals surface area contributed by atoms with Crippen molar-refractivity contribution in [3.8, 4) is 0 Å². The predicted molar refractivity (Wildman–Crippen MR) is 45.5 cm³/mol. The number of methoxy groups -OCH3 is 1. The molecule has 1 heterocycles. The Labute approximate surface area is 70.9 Å². The molecule has 4 heteroatoms. The van der Waals surface area contributed by atoms with Crippen LogP contribution in [0.4, 0.5) is 0 Å². The summed E-state index contributed by atoms with van der Waals surface area (Å²) in [6.45, 7) is 2.10. The first kappa shape index (κ1) is 8.87. The summed E-state index contributed by atoms with van der Waals surface area (Å²) in [4.78, 5) is 11.0. The first-order valence-electron chi connectivity index (χ1n) is 3.73. The molecule has 0 aromatic heterocycles. The lowest BCUT2D eigenvalue weighted by Gasteiger charge is -2.08. The van der Waals surface area contributed by atoms with Crippen LogP contribution in [-0.4, -0.2) is 30.2 Å². The second-order valence-electron chi connectivity index (χ2n) is 2.47. The number of carbonyl (C=O) groups excluding carboxylic acids is 1. The molecule has 0 saturated carbocycles. The average molecular weight is 175 g/mol. The van der Waals surface area contributed by atoms with Crippen molar-refractivity contribution in [3.05, 3.63) is 0 Å². The molecule has 1 aliphatic rings. The van der Waals surface area contributed by atoms with E-state index in [-0.39, 0.29) is 12.0 Å². The molecule has 0 spiro atoms. The zero-order chi connectivity index (χ0) is 8.27. The van der Waals surface area contributed by atoms with Crippen LogP contribution in [0.3, 0.4) is 0 Å². The summed E-state index contributed by atoms with van der Waals surface area (Å²) in [6, 6.07) is -0.0880. The largest absolute Gasteiger partial charge is 0.468 e. The van der Waals surface area contributed by atoms with Crippen molar-refractivity contribution in [1.29, 1.82) is 0 Å². The predicted octanol–water partition coefficient (Wildman–Crippen LogP) is 0.600. The van der Waals surface area contributed by atoms with Gasteiger partial charge in [-0.05, 0) is 6.42 Å². The molecule has 0 aromatic rings. The molecule has 1 saturated heterocycles. The van der Waals surface area contributed by atoms with E-state index in [1.54, 1.807) is 11.8 Å². The highest BCUT2D eigenvalue weighted by Gasteiger charge is 2.28. The first-order valence-corrected chi connectivity index (χ1v) is 4.78. The number of hydrogen-bond acceptors (Lipinski definition) is 4. The van der Waals surface area contributed by atoms with E-state index in [9.17, 15) is 4.79 Å². The summed E-state index contributed by atoms with van der Waals surface area (Å²) in [7, 11) is 1.42. The van der Waals surface area contributed by atoms with Gasteiger partial charge in [-0.2, -0.15) is 0 Å². The van der Waals surface area contributed by atoms with E-state index in [1.165, 1.54) is 7.11 Å². The summed E-state index contributed by atoms with van der Waals surface area (Å²) in [5, 5.41) is 3.61. The van der Waals surface area contributed by atoms with E-state index in [4.69, 9.17) is 0 Å². The highest BCUT2D eigenvalue weighted by atomic mass is 32.2. The van der Waals surface area contributed by atoms with Crippen molar-refractivity contribution in [2.24, 2.45) is 0 Å². The van der Waals surface area contributed by atoms with Crippen molar-refractivity contribution < 1.29 is 9.53 Å². The van der Waals surface area contributed by atoms with Gasteiger partial charge in [0.2, 0.25) is 0 Å². The van der Waals surface area contributed by atoms with E-state index in [2.05, 4.69) is 17.0 Å². The molecule has 0 bridgehead atoms. The lowest BCUT2D eigenvalue weighted by molar-refractivity contribution is -0.142. The second kappa shape index (κ2) is 3.97. The number of thioether (sulfide) groups is 1. The van der Waals surface area contributed by atoms with Crippen LogP contribution in [0.2, 0.25) is 0 Å². The van der Waals surface area contributed by atoms with Gasteiger partial charge in [0, 0.05) is 5.75 Å². The molecule has 0 amide bonds. The van der Waals surface area contributed by atoms with Gasteiger partial charge in [-0.1, -0.05) is 6.92 Å². The third-order valence-corrected chi connectivity index (χ3v) is 3.11. The summed E-state index contributed by atoms with van der Waals surface area (Å²) in [5.41, 5.74) is 0. The van der Waals surface area contributed by atoms with Crippen molar-refractivity contribution in [1.82, 2.24) is 5.32 Å². The molecule has 0 aromatic carbocycles. The smallest absolute Gasteiger partial charge is 0.323 e.